The lowest BCUT2D eigenvalue weighted by Gasteiger charge is -2.02. The lowest BCUT2D eigenvalue weighted by molar-refractivity contribution is 0.415. The van der Waals surface area contributed by atoms with Crippen LogP contribution in [0, 0.1) is 12.1 Å². The second-order valence-corrected chi connectivity index (χ2v) is 3.96. The number of hydrogen-bond donors (Lipinski definition) is 2. The number of benzene rings is 2. The van der Waals surface area contributed by atoms with Gasteiger partial charge in [-0.2, -0.15) is 0 Å². The van der Waals surface area contributed by atoms with Crippen LogP contribution in [-0.4, -0.2) is 14.2 Å². The molecule has 0 saturated heterocycles. The first-order valence-corrected chi connectivity index (χ1v) is 6.12. The van der Waals surface area contributed by atoms with Gasteiger partial charge in [-0.05, 0) is 48.5 Å². The topological polar surface area (TPSA) is 42.5 Å². The van der Waals surface area contributed by atoms with Gasteiger partial charge in [-0.25, -0.2) is 0 Å². The molecular weight excluding hydrogens is 252 g/mol. The molecule has 0 fully saturated rings. The SMILES string of the molecule is COc1ccc(NC#CNc2ccc(OC)cc2)cc1. The van der Waals surface area contributed by atoms with Crippen molar-refractivity contribution in [1.29, 1.82) is 0 Å². The average molecular weight is 268 g/mol. The molecule has 102 valence electrons. The molecule has 0 aliphatic rings. The van der Waals surface area contributed by atoms with Crippen molar-refractivity contribution in [2.45, 2.75) is 0 Å². The molecule has 2 aromatic carbocycles. The van der Waals surface area contributed by atoms with Crippen LogP contribution in [0.3, 0.4) is 0 Å². The van der Waals surface area contributed by atoms with Crippen molar-refractivity contribution in [3.63, 3.8) is 0 Å². The van der Waals surface area contributed by atoms with Crippen molar-refractivity contribution < 1.29 is 9.47 Å². The molecule has 0 amide bonds. The molecule has 4 heteroatoms. The van der Waals surface area contributed by atoms with E-state index in [0.29, 0.717) is 0 Å². The summed E-state index contributed by atoms with van der Waals surface area (Å²) in [5.41, 5.74) is 1.82. The highest BCUT2D eigenvalue weighted by Crippen LogP contribution is 2.15. The molecular formula is C16H16N2O2. The van der Waals surface area contributed by atoms with Gasteiger partial charge in [0.1, 0.15) is 11.5 Å². The summed E-state index contributed by atoms with van der Waals surface area (Å²) in [6, 6.07) is 20.8. The molecule has 0 bridgehead atoms. The summed E-state index contributed by atoms with van der Waals surface area (Å²) in [7, 11) is 3.28. The first-order valence-electron chi connectivity index (χ1n) is 6.12. The predicted octanol–water partition coefficient (Wildman–Crippen LogP) is 3.15. The molecule has 2 aromatic rings. The Balaban J connectivity index is 1.87. The third kappa shape index (κ3) is 3.85. The third-order valence-electron chi connectivity index (χ3n) is 2.66. The van der Waals surface area contributed by atoms with Gasteiger partial charge in [0.2, 0.25) is 0 Å². The minimum Gasteiger partial charge on any atom is -0.497 e. The van der Waals surface area contributed by atoms with Crippen LogP contribution in [-0.2, 0) is 0 Å². The number of ether oxygens (including phenoxy) is 2. The Hall–Kier alpha value is -2.80. The van der Waals surface area contributed by atoms with E-state index >= 15 is 0 Å². The quantitative estimate of drug-likeness (QED) is 0.660. The monoisotopic (exact) mass is 268 g/mol. The van der Waals surface area contributed by atoms with Gasteiger partial charge in [0, 0.05) is 23.5 Å². The Bertz CT molecular complexity index is 542. The van der Waals surface area contributed by atoms with E-state index in [0.717, 1.165) is 22.9 Å². The molecule has 0 heterocycles. The summed E-state index contributed by atoms with van der Waals surface area (Å²) in [6.45, 7) is 0. The van der Waals surface area contributed by atoms with E-state index in [2.05, 4.69) is 22.7 Å². The van der Waals surface area contributed by atoms with Gasteiger partial charge in [0.05, 0.1) is 14.2 Å². The maximum Gasteiger partial charge on any atom is 0.119 e. The summed E-state index contributed by atoms with van der Waals surface area (Å²) in [6.07, 6.45) is 0. The maximum atomic E-state index is 5.09. The van der Waals surface area contributed by atoms with Gasteiger partial charge in [0.25, 0.3) is 0 Å². The standard InChI is InChI=1S/C16H16N2O2/c1-19-15-7-3-13(4-8-15)17-11-12-18-14-5-9-16(20-2)10-6-14/h3-10,17-18H,1-2H3. The third-order valence-corrected chi connectivity index (χ3v) is 2.66. The second-order valence-electron chi connectivity index (χ2n) is 3.96. The smallest absolute Gasteiger partial charge is 0.119 e. The molecule has 2 rings (SSSR count). The number of nitrogens with one attached hydrogen (secondary N) is 2. The van der Waals surface area contributed by atoms with Crippen molar-refractivity contribution in [3.8, 4) is 23.6 Å². The van der Waals surface area contributed by atoms with Crippen LogP contribution in [0.25, 0.3) is 0 Å². The van der Waals surface area contributed by atoms with Crippen molar-refractivity contribution in [1.82, 2.24) is 0 Å². The van der Waals surface area contributed by atoms with Crippen molar-refractivity contribution in [3.05, 3.63) is 48.5 Å². The van der Waals surface area contributed by atoms with E-state index in [4.69, 9.17) is 9.47 Å². The lowest BCUT2D eigenvalue weighted by atomic mass is 10.3. The Morgan fingerprint density at radius 3 is 1.30 bits per heavy atom. The number of methoxy groups -OCH3 is 2. The minimum absolute atomic E-state index is 0.819. The highest BCUT2D eigenvalue weighted by Gasteiger charge is 1.92. The van der Waals surface area contributed by atoms with E-state index in [1.165, 1.54) is 0 Å². The van der Waals surface area contributed by atoms with Crippen molar-refractivity contribution in [2.24, 2.45) is 0 Å². The number of hydrogen-bond acceptors (Lipinski definition) is 4. The van der Waals surface area contributed by atoms with Crippen LogP contribution in [0.15, 0.2) is 48.5 Å². The second kappa shape index (κ2) is 6.95. The van der Waals surface area contributed by atoms with Crippen LogP contribution in [0.4, 0.5) is 11.4 Å². The fraction of sp³-hybridized carbons (Fsp3) is 0.125. The summed E-state index contributed by atoms with van der Waals surface area (Å²) in [5.74, 6) is 1.64. The average Bonchev–Trinajstić information content (AvgIpc) is 2.53. The predicted molar refractivity (Wildman–Crippen MR) is 81.0 cm³/mol. The lowest BCUT2D eigenvalue weighted by Crippen LogP contribution is -1.93. The minimum atomic E-state index is 0.819. The van der Waals surface area contributed by atoms with E-state index in [9.17, 15) is 0 Å². The molecule has 0 aromatic heterocycles. The molecule has 0 radical (unpaired) electrons. The Labute approximate surface area is 118 Å². The Kier molecular flexibility index (Phi) is 4.74. The van der Waals surface area contributed by atoms with Crippen LogP contribution in [0.5, 0.6) is 11.5 Å². The van der Waals surface area contributed by atoms with Crippen LogP contribution in [0.2, 0.25) is 0 Å². The van der Waals surface area contributed by atoms with Gasteiger partial charge in [-0.15, -0.1) is 0 Å². The zero-order valence-corrected chi connectivity index (χ0v) is 11.4. The molecule has 0 aliphatic heterocycles. The van der Waals surface area contributed by atoms with E-state index in [1.807, 2.05) is 48.5 Å². The molecule has 0 aliphatic carbocycles. The zero-order chi connectivity index (χ0) is 14.2. The van der Waals surface area contributed by atoms with Gasteiger partial charge in [-0.1, -0.05) is 0 Å². The number of rotatable bonds is 4. The Morgan fingerprint density at radius 1 is 0.650 bits per heavy atom. The number of anilines is 2. The molecule has 2 N–H and O–H groups in total. The molecule has 20 heavy (non-hydrogen) atoms. The summed E-state index contributed by atoms with van der Waals surface area (Å²) in [4.78, 5) is 0. The van der Waals surface area contributed by atoms with Crippen molar-refractivity contribution in [2.75, 3.05) is 24.9 Å². The molecule has 0 atom stereocenters. The van der Waals surface area contributed by atoms with E-state index < -0.39 is 0 Å². The summed E-state index contributed by atoms with van der Waals surface area (Å²) < 4.78 is 10.2. The first-order chi connectivity index (χ1) is 9.81. The fourth-order valence-corrected chi connectivity index (χ4v) is 1.56. The summed E-state index contributed by atoms with van der Waals surface area (Å²) >= 11 is 0. The van der Waals surface area contributed by atoms with Gasteiger partial charge in [0.15, 0.2) is 0 Å². The fourth-order valence-electron chi connectivity index (χ4n) is 1.56. The molecule has 4 nitrogen and oxygen atoms in total. The van der Waals surface area contributed by atoms with E-state index in [1.54, 1.807) is 14.2 Å². The highest BCUT2D eigenvalue weighted by atomic mass is 16.5. The molecule has 0 saturated carbocycles. The normalized spacial score (nSPS) is 9.10. The van der Waals surface area contributed by atoms with Crippen molar-refractivity contribution >= 4 is 11.4 Å². The summed E-state index contributed by atoms with van der Waals surface area (Å²) in [5, 5.41) is 5.97. The van der Waals surface area contributed by atoms with Gasteiger partial charge < -0.3 is 20.1 Å². The van der Waals surface area contributed by atoms with Gasteiger partial charge in [-0.3, -0.25) is 0 Å². The first kappa shape index (κ1) is 13.6. The molecule has 0 spiro atoms. The van der Waals surface area contributed by atoms with Crippen LogP contribution in [0.1, 0.15) is 0 Å². The van der Waals surface area contributed by atoms with Gasteiger partial charge >= 0.3 is 0 Å². The Morgan fingerprint density at radius 2 is 1.00 bits per heavy atom. The molecule has 0 unspecified atom stereocenters. The maximum absolute atomic E-state index is 5.09. The van der Waals surface area contributed by atoms with Crippen LogP contribution >= 0.6 is 0 Å². The van der Waals surface area contributed by atoms with Crippen LogP contribution < -0.4 is 20.1 Å². The highest BCUT2D eigenvalue weighted by molar-refractivity contribution is 5.53. The van der Waals surface area contributed by atoms with E-state index in [-0.39, 0.29) is 0 Å². The largest absolute Gasteiger partial charge is 0.497 e. The zero-order valence-electron chi connectivity index (χ0n) is 11.4.